The second-order valence-electron chi connectivity index (χ2n) is 6.17. The van der Waals surface area contributed by atoms with Gasteiger partial charge in [0.15, 0.2) is 0 Å². The molecule has 0 bridgehead atoms. The van der Waals surface area contributed by atoms with Crippen molar-refractivity contribution < 1.29 is 0 Å². The fraction of sp³-hybridized carbons (Fsp3) is 0.130. The van der Waals surface area contributed by atoms with Crippen molar-refractivity contribution in [2.24, 2.45) is 0 Å². The molecular formula is C23H23N. The molecule has 3 aromatic rings. The molecule has 3 aromatic carbocycles. The summed E-state index contributed by atoms with van der Waals surface area (Å²) in [7, 11) is 0. The number of nitrogens with zero attached hydrogens (tertiary/aromatic N) is 1. The molecule has 0 aliphatic carbocycles. The van der Waals surface area contributed by atoms with Crippen LogP contribution in [0.1, 0.15) is 16.7 Å². The van der Waals surface area contributed by atoms with Gasteiger partial charge in [-0.05, 0) is 62.2 Å². The summed E-state index contributed by atoms with van der Waals surface area (Å²) in [6.45, 7) is 8.05. The van der Waals surface area contributed by atoms with Gasteiger partial charge in [-0.2, -0.15) is 0 Å². The maximum absolute atomic E-state index is 3.81. The summed E-state index contributed by atoms with van der Waals surface area (Å²) in [4.78, 5) is 2.29. The molecule has 0 radical (unpaired) electrons. The van der Waals surface area contributed by atoms with Crippen molar-refractivity contribution in [3.63, 3.8) is 0 Å². The highest BCUT2D eigenvalue weighted by Gasteiger charge is 2.11. The first-order valence-electron chi connectivity index (χ1n) is 8.30. The Kier molecular flexibility index (Phi) is 4.81. The summed E-state index contributed by atoms with van der Waals surface area (Å²) < 4.78 is 0. The Bertz CT molecular complexity index is 751. The molecule has 24 heavy (non-hydrogen) atoms. The minimum Gasteiger partial charge on any atom is -0.311 e. The van der Waals surface area contributed by atoms with Gasteiger partial charge >= 0.3 is 0 Å². The minimum atomic E-state index is 0.898. The first-order valence-corrected chi connectivity index (χ1v) is 8.30. The van der Waals surface area contributed by atoms with Crippen LogP contribution in [0.2, 0.25) is 0 Å². The van der Waals surface area contributed by atoms with E-state index in [1.54, 1.807) is 0 Å². The Hall–Kier alpha value is -2.80. The third-order valence-electron chi connectivity index (χ3n) is 4.16. The van der Waals surface area contributed by atoms with Crippen LogP contribution in [0, 0.1) is 13.8 Å². The van der Waals surface area contributed by atoms with Gasteiger partial charge in [0, 0.05) is 17.1 Å². The zero-order valence-corrected chi connectivity index (χ0v) is 14.4. The number of rotatable bonds is 5. The summed E-state index contributed by atoms with van der Waals surface area (Å²) in [6.07, 6.45) is 2.84. The summed E-state index contributed by atoms with van der Waals surface area (Å²) in [6, 6.07) is 26.0. The molecule has 0 atom stereocenters. The Balaban J connectivity index is 2.05. The predicted octanol–water partition coefficient (Wildman–Crippen LogP) is 6.50. The molecule has 0 aromatic heterocycles. The molecule has 0 aliphatic rings. The van der Waals surface area contributed by atoms with Gasteiger partial charge in [-0.15, -0.1) is 6.58 Å². The van der Waals surface area contributed by atoms with Crippen LogP contribution >= 0.6 is 0 Å². The molecule has 0 saturated heterocycles. The van der Waals surface area contributed by atoms with E-state index in [-0.39, 0.29) is 0 Å². The fourth-order valence-electron chi connectivity index (χ4n) is 2.78. The van der Waals surface area contributed by atoms with Crippen LogP contribution in [0.15, 0.2) is 85.5 Å². The van der Waals surface area contributed by atoms with E-state index in [9.17, 15) is 0 Å². The van der Waals surface area contributed by atoms with Gasteiger partial charge in [0.2, 0.25) is 0 Å². The molecule has 0 N–H and O–H groups in total. The first-order chi connectivity index (χ1) is 11.7. The lowest BCUT2D eigenvalue weighted by atomic mass is 10.1. The Morgan fingerprint density at radius 2 is 1.04 bits per heavy atom. The highest BCUT2D eigenvalue weighted by molar-refractivity contribution is 5.76. The maximum atomic E-state index is 3.81. The third-order valence-corrected chi connectivity index (χ3v) is 4.16. The van der Waals surface area contributed by atoms with E-state index in [2.05, 4.69) is 98.1 Å². The van der Waals surface area contributed by atoms with Crippen LogP contribution in [-0.2, 0) is 6.42 Å². The van der Waals surface area contributed by atoms with E-state index < -0.39 is 0 Å². The lowest BCUT2D eigenvalue weighted by Crippen LogP contribution is -2.09. The standard InChI is InChI=1S/C23H23N/c1-4-5-20-10-16-23(17-11-20)24(21-12-6-18(2)7-13-21)22-14-8-19(3)9-15-22/h4,6-17H,1,5H2,2-3H3. The van der Waals surface area contributed by atoms with Crippen molar-refractivity contribution in [3.05, 3.63) is 102 Å². The number of aryl methyl sites for hydroxylation is 2. The Morgan fingerprint density at radius 1 is 0.667 bits per heavy atom. The van der Waals surface area contributed by atoms with Gasteiger partial charge in [-0.3, -0.25) is 0 Å². The molecule has 120 valence electrons. The van der Waals surface area contributed by atoms with Gasteiger partial charge in [0.1, 0.15) is 0 Å². The zero-order valence-electron chi connectivity index (χ0n) is 14.4. The molecule has 0 fully saturated rings. The van der Waals surface area contributed by atoms with Crippen molar-refractivity contribution >= 4 is 17.1 Å². The van der Waals surface area contributed by atoms with Crippen LogP contribution in [-0.4, -0.2) is 0 Å². The molecular weight excluding hydrogens is 290 g/mol. The number of allylic oxidation sites excluding steroid dienone is 1. The predicted molar refractivity (Wildman–Crippen MR) is 105 cm³/mol. The number of hydrogen-bond donors (Lipinski definition) is 0. The van der Waals surface area contributed by atoms with E-state index in [1.165, 1.54) is 28.1 Å². The van der Waals surface area contributed by atoms with Crippen LogP contribution < -0.4 is 4.90 Å². The van der Waals surface area contributed by atoms with Crippen LogP contribution in [0.25, 0.3) is 0 Å². The summed E-state index contributed by atoms with van der Waals surface area (Å²) in [5.41, 5.74) is 7.31. The largest absolute Gasteiger partial charge is 0.311 e. The highest BCUT2D eigenvalue weighted by Crippen LogP contribution is 2.34. The topological polar surface area (TPSA) is 3.24 Å². The average Bonchev–Trinajstić information content (AvgIpc) is 2.60. The maximum Gasteiger partial charge on any atom is 0.0461 e. The highest BCUT2D eigenvalue weighted by atomic mass is 15.1. The molecule has 0 spiro atoms. The lowest BCUT2D eigenvalue weighted by Gasteiger charge is -2.26. The van der Waals surface area contributed by atoms with E-state index in [0.29, 0.717) is 0 Å². The molecule has 0 amide bonds. The molecule has 1 nitrogen and oxygen atoms in total. The second kappa shape index (κ2) is 7.18. The van der Waals surface area contributed by atoms with Crippen LogP contribution in [0.3, 0.4) is 0 Å². The minimum absolute atomic E-state index is 0.898. The van der Waals surface area contributed by atoms with Crippen molar-refractivity contribution in [2.75, 3.05) is 4.90 Å². The summed E-state index contributed by atoms with van der Waals surface area (Å²) >= 11 is 0. The quantitative estimate of drug-likeness (QED) is 0.486. The number of hydrogen-bond acceptors (Lipinski definition) is 1. The molecule has 0 heterocycles. The van der Waals surface area contributed by atoms with Crippen molar-refractivity contribution in [1.82, 2.24) is 0 Å². The fourth-order valence-corrected chi connectivity index (χ4v) is 2.78. The van der Waals surface area contributed by atoms with E-state index in [1.807, 2.05) is 6.08 Å². The van der Waals surface area contributed by atoms with Gasteiger partial charge in [-0.1, -0.05) is 53.6 Å². The monoisotopic (exact) mass is 313 g/mol. The van der Waals surface area contributed by atoms with Gasteiger partial charge in [0.25, 0.3) is 0 Å². The molecule has 0 saturated carbocycles. The smallest absolute Gasteiger partial charge is 0.0461 e. The van der Waals surface area contributed by atoms with Crippen LogP contribution in [0.4, 0.5) is 17.1 Å². The van der Waals surface area contributed by atoms with Crippen molar-refractivity contribution in [3.8, 4) is 0 Å². The van der Waals surface area contributed by atoms with Gasteiger partial charge in [-0.25, -0.2) is 0 Å². The molecule has 0 aliphatic heterocycles. The van der Waals surface area contributed by atoms with E-state index in [4.69, 9.17) is 0 Å². The zero-order chi connectivity index (χ0) is 16.9. The summed E-state index contributed by atoms with van der Waals surface area (Å²) in [5, 5.41) is 0. The Labute approximate surface area is 144 Å². The summed E-state index contributed by atoms with van der Waals surface area (Å²) in [5.74, 6) is 0. The van der Waals surface area contributed by atoms with E-state index >= 15 is 0 Å². The van der Waals surface area contributed by atoms with Crippen LogP contribution in [0.5, 0.6) is 0 Å². The molecule has 0 unspecified atom stereocenters. The van der Waals surface area contributed by atoms with Crippen molar-refractivity contribution in [1.29, 1.82) is 0 Å². The molecule has 3 rings (SSSR count). The van der Waals surface area contributed by atoms with E-state index in [0.717, 1.165) is 12.1 Å². The van der Waals surface area contributed by atoms with Crippen molar-refractivity contribution in [2.45, 2.75) is 20.3 Å². The second-order valence-corrected chi connectivity index (χ2v) is 6.17. The number of anilines is 3. The average molecular weight is 313 g/mol. The molecule has 1 heteroatoms. The number of benzene rings is 3. The Morgan fingerprint density at radius 3 is 1.42 bits per heavy atom. The normalized spacial score (nSPS) is 10.4. The van der Waals surface area contributed by atoms with Gasteiger partial charge in [0.05, 0.1) is 0 Å². The lowest BCUT2D eigenvalue weighted by molar-refractivity contribution is 1.24. The van der Waals surface area contributed by atoms with Gasteiger partial charge < -0.3 is 4.90 Å². The SMILES string of the molecule is C=CCc1ccc(N(c2ccc(C)cc2)c2ccc(C)cc2)cc1. The third kappa shape index (κ3) is 3.57. The first kappa shape index (κ1) is 16.1.